The largest absolute Gasteiger partial charge is 0.377 e. The molecule has 0 spiro atoms. The minimum atomic E-state index is 0.301. The summed E-state index contributed by atoms with van der Waals surface area (Å²) < 4.78 is 5.55. The predicted molar refractivity (Wildman–Crippen MR) is 79.0 cm³/mol. The minimum Gasteiger partial charge on any atom is -0.377 e. The van der Waals surface area contributed by atoms with Crippen molar-refractivity contribution in [1.29, 1.82) is 0 Å². The lowest BCUT2D eigenvalue weighted by Gasteiger charge is -2.17. The van der Waals surface area contributed by atoms with Gasteiger partial charge in [0.2, 0.25) is 0 Å². The van der Waals surface area contributed by atoms with Crippen molar-refractivity contribution < 1.29 is 4.74 Å². The van der Waals surface area contributed by atoms with Crippen molar-refractivity contribution in [3.63, 3.8) is 0 Å². The average molecular weight is 265 g/mol. The van der Waals surface area contributed by atoms with E-state index in [-0.39, 0.29) is 0 Å². The summed E-state index contributed by atoms with van der Waals surface area (Å²) in [5.74, 6) is 0. The van der Waals surface area contributed by atoms with Gasteiger partial charge in [-0.3, -0.25) is 9.88 Å². The van der Waals surface area contributed by atoms with E-state index in [2.05, 4.69) is 61.2 Å². The van der Waals surface area contributed by atoms with E-state index in [1.54, 1.807) is 0 Å². The maximum Gasteiger partial charge on any atom is 0.0596 e. The molecule has 4 heteroatoms. The average Bonchev–Trinajstić information content (AvgIpc) is 2.36. The number of ether oxygens (including phenoxy) is 1. The first-order valence-electron chi connectivity index (χ1n) is 7.07. The summed E-state index contributed by atoms with van der Waals surface area (Å²) >= 11 is 0. The Morgan fingerprint density at radius 1 is 1.32 bits per heavy atom. The zero-order chi connectivity index (χ0) is 14.1. The Bertz CT molecular complexity index is 355. The van der Waals surface area contributed by atoms with Gasteiger partial charge in [0.15, 0.2) is 0 Å². The second kappa shape index (κ2) is 9.02. The van der Waals surface area contributed by atoms with Crippen molar-refractivity contribution in [2.24, 2.45) is 0 Å². The van der Waals surface area contributed by atoms with E-state index in [9.17, 15) is 0 Å². The molecule has 0 saturated carbocycles. The molecule has 19 heavy (non-hydrogen) atoms. The van der Waals surface area contributed by atoms with Crippen molar-refractivity contribution in [3.05, 3.63) is 29.6 Å². The lowest BCUT2D eigenvalue weighted by molar-refractivity contribution is 0.0625. The van der Waals surface area contributed by atoms with E-state index in [1.165, 1.54) is 0 Å². The summed E-state index contributed by atoms with van der Waals surface area (Å²) in [6.07, 6.45) is 0.301. The van der Waals surface area contributed by atoms with Crippen LogP contribution in [0.5, 0.6) is 0 Å². The van der Waals surface area contributed by atoms with Gasteiger partial charge in [0.1, 0.15) is 0 Å². The first-order chi connectivity index (χ1) is 9.11. The van der Waals surface area contributed by atoms with E-state index in [1.807, 2.05) is 0 Å². The summed E-state index contributed by atoms with van der Waals surface area (Å²) in [4.78, 5) is 6.89. The highest BCUT2D eigenvalue weighted by Crippen LogP contribution is 2.03. The first-order valence-corrected chi connectivity index (χ1v) is 7.07. The zero-order valence-electron chi connectivity index (χ0n) is 12.6. The van der Waals surface area contributed by atoms with Crippen LogP contribution in [-0.4, -0.2) is 42.7 Å². The molecule has 0 saturated heterocycles. The van der Waals surface area contributed by atoms with Gasteiger partial charge in [-0.2, -0.15) is 0 Å². The highest BCUT2D eigenvalue weighted by atomic mass is 16.5. The van der Waals surface area contributed by atoms with E-state index in [0.717, 1.165) is 44.2 Å². The molecule has 0 aliphatic carbocycles. The third-order valence-electron chi connectivity index (χ3n) is 2.78. The van der Waals surface area contributed by atoms with Crippen LogP contribution in [0.15, 0.2) is 18.2 Å². The first kappa shape index (κ1) is 16.1. The quantitative estimate of drug-likeness (QED) is 0.741. The Kier molecular flexibility index (Phi) is 7.63. The highest BCUT2D eigenvalue weighted by molar-refractivity contribution is 5.11. The number of pyridine rings is 1. The number of hydrogen-bond acceptors (Lipinski definition) is 4. The van der Waals surface area contributed by atoms with E-state index >= 15 is 0 Å². The van der Waals surface area contributed by atoms with Crippen LogP contribution in [0.25, 0.3) is 0 Å². The van der Waals surface area contributed by atoms with Gasteiger partial charge in [0.05, 0.1) is 24.1 Å². The topological polar surface area (TPSA) is 37.4 Å². The highest BCUT2D eigenvalue weighted by Gasteiger charge is 2.03. The molecule has 0 bridgehead atoms. The van der Waals surface area contributed by atoms with Crippen LogP contribution in [0, 0.1) is 0 Å². The second-order valence-electron chi connectivity index (χ2n) is 5.06. The Hall–Kier alpha value is -0.970. The summed E-state index contributed by atoms with van der Waals surface area (Å²) in [6, 6.07) is 6.22. The summed E-state index contributed by atoms with van der Waals surface area (Å²) in [7, 11) is 2.10. The molecular weight excluding hydrogens is 238 g/mol. The van der Waals surface area contributed by atoms with Gasteiger partial charge in [0.25, 0.3) is 0 Å². The van der Waals surface area contributed by atoms with Crippen molar-refractivity contribution in [1.82, 2.24) is 15.2 Å². The third-order valence-corrected chi connectivity index (χ3v) is 2.78. The molecule has 1 aromatic rings. The normalized spacial score (nSPS) is 11.5. The van der Waals surface area contributed by atoms with Crippen LogP contribution >= 0.6 is 0 Å². The molecule has 1 heterocycles. The molecule has 0 radical (unpaired) electrons. The lowest BCUT2D eigenvalue weighted by Crippen LogP contribution is -2.24. The van der Waals surface area contributed by atoms with Crippen LogP contribution in [0.4, 0.5) is 0 Å². The number of aromatic nitrogens is 1. The van der Waals surface area contributed by atoms with Gasteiger partial charge in [-0.25, -0.2) is 0 Å². The number of nitrogens with one attached hydrogen (secondary N) is 1. The molecule has 0 aliphatic rings. The van der Waals surface area contributed by atoms with Crippen LogP contribution in [0.1, 0.15) is 32.2 Å². The molecule has 0 amide bonds. The van der Waals surface area contributed by atoms with Crippen LogP contribution in [0.3, 0.4) is 0 Å². The SMILES string of the molecule is CCNCc1cccc(CN(C)CCOC(C)C)n1. The van der Waals surface area contributed by atoms with Gasteiger partial charge < -0.3 is 10.1 Å². The maximum absolute atomic E-state index is 5.55. The number of hydrogen-bond donors (Lipinski definition) is 1. The van der Waals surface area contributed by atoms with E-state index in [0.29, 0.717) is 6.10 Å². The van der Waals surface area contributed by atoms with Crippen molar-refractivity contribution in [2.75, 3.05) is 26.7 Å². The summed E-state index contributed by atoms with van der Waals surface area (Å²) in [6.45, 7) is 10.6. The smallest absolute Gasteiger partial charge is 0.0596 e. The molecular formula is C15H27N3O. The number of rotatable bonds is 9. The fraction of sp³-hybridized carbons (Fsp3) is 0.667. The zero-order valence-corrected chi connectivity index (χ0v) is 12.6. The molecule has 0 aromatic carbocycles. The third kappa shape index (κ3) is 7.25. The standard InChI is InChI=1S/C15H27N3O/c1-5-16-11-14-7-6-8-15(17-14)12-18(4)9-10-19-13(2)3/h6-8,13,16H,5,9-12H2,1-4H3. The van der Waals surface area contributed by atoms with Gasteiger partial charge in [-0.1, -0.05) is 13.0 Å². The maximum atomic E-state index is 5.55. The Morgan fingerprint density at radius 2 is 2.05 bits per heavy atom. The molecule has 1 aromatic heterocycles. The molecule has 1 N–H and O–H groups in total. The fourth-order valence-corrected chi connectivity index (χ4v) is 1.77. The van der Waals surface area contributed by atoms with Crippen LogP contribution < -0.4 is 5.32 Å². The van der Waals surface area contributed by atoms with Crippen LogP contribution in [0.2, 0.25) is 0 Å². The predicted octanol–water partition coefficient (Wildman–Crippen LogP) is 2.05. The molecule has 0 unspecified atom stereocenters. The second-order valence-corrected chi connectivity index (χ2v) is 5.06. The molecule has 0 atom stereocenters. The fourth-order valence-electron chi connectivity index (χ4n) is 1.77. The molecule has 0 aliphatic heterocycles. The molecule has 4 nitrogen and oxygen atoms in total. The Labute approximate surface area is 117 Å². The van der Waals surface area contributed by atoms with Gasteiger partial charge in [-0.15, -0.1) is 0 Å². The van der Waals surface area contributed by atoms with E-state index < -0.39 is 0 Å². The summed E-state index contributed by atoms with van der Waals surface area (Å²) in [5.41, 5.74) is 2.22. The van der Waals surface area contributed by atoms with Crippen molar-refractivity contribution >= 4 is 0 Å². The Balaban J connectivity index is 2.38. The number of nitrogens with zero attached hydrogens (tertiary/aromatic N) is 2. The molecule has 0 fully saturated rings. The van der Waals surface area contributed by atoms with Gasteiger partial charge >= 0.3 is 0 Å². The number of likely N-dealkylation sites (N-methyl/N-ethyl adjacent to an activating group) is 1. The van der Waals surface area contributed by atoms with Gasteiger partial charge in [0, 0.05) is 19.6 Å². The minimum absolute atomic E-state index is 0.301. The Morgan fingerprint density at radius 3 is 2.74 bits per heavy atom. The van der Waals surface area contributed by atoms with Crippen molar-refractivity contribution in [2.45, 2.75) is 40.0 Å². The molecule has 108 valence electrons. The monoisotopic (exact) mass is 265 g/mol. The molecule has 1 rings (SSSR count). The summed E-state index contributed by atoms with van der Waals surface area (Å²) in [5, 5.41) is 3.30. The lowest BCUT2D eigenvalue weighted by atomic mass is 10.3. The van der Waals surface area contributed by atoms with Crippen LogP contribution in [-0.2, 0) is 17.8 Å². The van der Waals surface area contributed by atoms with E-state index in [4.69, 9.17) is 4.74 Å². The van der Waals surface area contributed by atoms with Crippen molar-refractivity contribution in [3.8, 4) is 0 Å². The van der Waals surface area contributed by atoms with Gasteiger partial charge in [-0.05, 0) is 39.6 Å².